The van der Waals surface area contributed by atoms with Gasteiger partial charge in [0.15, 0.2) is 0 Å². The highest BCUT2D eigenvalue weighted by Crippen LogP contribution is 2.37. The first-order valence-electron chi connectivity index (χ1n) is 15.4. The normalized spacial score (nSPS) is 19.4. The summed E-state index contributed by atoms with van der Waals surface area (Å²) in [6.45, 7) is 11.5. The van der Waals surface area contributed by atoms with Gasteiger partial charge in [-0.1, -0.05) is 6.07 Å². The number of nitriles is 1. The Kier molecular flexibility index (Phi) is 7.77. The number of carbonyl (C=O) groups is 1. The number of piperazine rings is 1. The highest BCUT2D eigenvalue weighted by atomic mass is 19.1. The van der Waals surface area contributed by atoms with Crippen LogP contribution >= 0.6 is 0 Å². The number of anilines is 1. The first-order chi connectivity index (χ1) is 21.4. The van der Waals surface area contributed by atoms with E-state index >= 15 is 4.39 Å². The zero-order valence-corrected chi connectivity index (χ0v) is 26.6. The van der Waals surface area contributed by atoms with Gasteiger partial charge in [-0.15, -0.1) is 0 Å². The summed E-state index contributed by atoms with van der Waals surface area (Å²) in [7, 11) is 2.03. The van der Waals surface area contributed by atoms with Gasteiger partial charge in [-0.25, -0.2) is 14.2 Å². The molecule has 5 heterocycles. The van der Waals surface area contributed by atoms with Crippen molar-refractivity contribution in [2.24, 2.45) is 0 Å². The van der Waals surface area contributed by atoms with Crippen molar-refractivity contribution >= 4 is 33.7 Å². The van der Waals surface area contributed by atoms with Crippen molar-refractivity contribution in [1.29, 1.82) is 5.26 Å². The van der Waals surface area contributed by atoms with Crippen molar-refractivity contribution < 1.29 is 13.9 Å². The molecule has 1 N–H and O–H groups in total. The van der Waals surface area contributed by atoms with E-state index in [1.165, 1.54) is 6.07 Å². The molecular weight excluding hydrogens is 575 g/mol. The number of halogens is 1. The molecule has 0 spiro atoms. The van der Waals surface area contributed by atoms with Crippen molar-refractivity contribution in [1.82, 2.24) is 29.5 Å². The second-order valence-corrected chi connectivity index (χ2v) is 13.3. The summed E-state index contributed by atoms with van der Waals surface area (Å²) in [5.74, 6) is -0.562. The van der Waals surface area contributed by atoms with E-state index in [-0.39, 0.29) is 23.3 Å². The second kappa shape index (κ2) is 11.5. The zero-order valence-electron chi connectivity index (χ0n) is 26.6. The van der Waals surface area contributed by atoms with Crippen LogP contribution in [-0.2, 0) is 11.3 Å². The van der Waals surface area contributed by atoms with Crippen LogP contribution in [0.15, 0.2) is 29.2 Å². The Morgan fingerprint density at radius 3 is 2.67 bits per heavy atom. The third kappa shape index (κ3) is 5.50. The molecule has 0 bridgehead atoms. The molecule has 12 heteroatoms. The highest BCUT2D eigenvalue weighted by Gasteiger charge is 2.34. The van der Waals surface area contributed by atoms with E-state index in [9.17, 15) is 14.9 Å². The third-order valence-electron chi connectivity index (χ3n) is 8.97. The number of H-pyrrole nitrogens is 1. The second-order valence-electron chi connectivity index (χ2n) is 13.3. The van der Waals surface area contributed by atoms with Gasteiger partial charge in [0.2, 0.25) is 0 Å². The van der Waals surface area contributed by atoms with Crippen molar-refractivity contribution in [2.45, 2.75) is 71.7 Å². The fourth-order valence-electron chi connectivity index (χ4n) is 6.71. The smallest absolute Gasteiger partial charge is 0.410 e. The molecule has 4 aromatic rings. The van der Waals surface area contributed by atoms with Crippen LogP contribution in [0.3, 0.4) is 0 Å². The van der Waals surface area contributed by atoms with Gasteiger partial charge in [0.05, 0.1) is 17.4 Å². The quantitative estimate of drug-likeness (QED) is 0.348. The van der Waals surface area contributed by atoms with Crippen molar-refractivity contribution in [3.05, 3.63) is 51.7 Å². The summed E-state index contributed by atoms with van der Waals surface area (Å²) in [6, 6.07) is 7.13. The number of hydrogen-bond donors (Lipinski definition) is 1. The molecule has 1 unspecified atom stereocenters. The van der Waals surface area contributed by atoms with Crippen LogP contribution in [0.2, 0.25) is 0 Å². The third-order valence-corrected chi connectivity index (χ3v) is 8.97. The molecule has 0 radical (unpaired) electrons. The van der Waals surface area contributed by atoms with Gasteiger partial charge in [0, 0.05) is 54.6 Å². The number of likely N-dealkylation sites (tertiary alicyclic amines) is 1. The van der Waals surface area contributed by atoms with Crippen molar-refractivity contribution in [3.63, 3.8) is 0 Å². The Morgan fingerprint density at radius 1 is 1.22 bits per heavy atom. The van der Waals surface area contributed by atoms with E-state index in [2.05, 4.69) is 21.2 Å². The molecule has 2 fully saturated rings. The molecule has 2 saturated heterocycles. The maximum Gasteiger partial charge on any atom is 0.410 e. The van der Waals surface area contributed by atoms with Crippen molar-refractivity contribution in [3.8, 4) is 17.3 Å². The van der Waals surface area contributed by atoms with Gasteiger partial charge < -0.3 is 19.4 Å². The summed E-state index contributed by atoms with van der Waals surface area (Å²) < 4.78 is 23.5. The lowest BCUT2D eigenvalue weighted by Gasteiger charge is -2.42. The number of fused-ring (bicyclic) bond motifs is 2. The highest BCUT2D eigenvalue weighted by molar-refractivity contribution is 5.99. The number of aromatic amines is 1. The molecule has 1 amide bonds. The predicted octanol–water partition coefficient (Wildman–Crippen LogP) is 4.80. The standard InChI is InChI=1S/C33H39FN8O3/c1-19-9-10-26-24(16-36-38-26)27(19)28-25(34)14-22-29(41-13-12-40(17-20(41)2)32(44)45-33(3,4)5)23(15-35)31(43)42(30(22)37-28)18-21-8-7-11-39(21)6/h9-10,14,16,20-21H,7-8,11-13,17-18H2,1-6H3,(H,36,38)/t20-,21?/m0/s1. The summed E-state index contributed by atoms with van der Waals surface area (Å²) in [4.78, 5) is 37.8. The number of rotatable bonds is 4. The molecule has 6 rings (SSSR count). The Labute approximate surface area is 261 Å². The monoisotopic (exact) mass is 614 g/mol. The summed E-state index contributed by atoms with van der Waals surface area (Å²) >= 11 is 0. The molecule has 2 aliphatic rings. The average molecular weight is 615 g/mol. The number of carbonyl (C=O) groups excluding carboxylic acids is 1. The van der Waals surface area contributed by atoms with Gasteiger partial charge in [0.25, 0.3) is 5.56 Å². The largest absolute Gasteiger partial charge is 0.444 e. The number of hydrogen-bond acceptors (Lipinski definition) is 8. The number of pyridine rings is 2. The van der Waals surface area contributed by atoms with Crippen LogP contribution in [0.25, 0.3) is 33.2 Å². The van der Waals surface area contributed by atoms with Crippen molar-refractivity contribution in [2.75, 3.05) is 38.1 Å². The van der Waals surface area contributed by atoms with Gasteiger partial charge in [-0.05, 0) is 78.7 Å². The Hall–Kier alpha value is -4.50. The van der Waals surface area contributed by atoms with Gasteiger partial charge in [0.1, 0.15) is 34.4 Å². The summed E-state index contributed by atoms with van der Waals surface area (Å²) in [5.41, 5.74) is 1.82. The molecule has 0 saturated carbocycles. The fraction of sp³-hybridized carbons (Fsp3) is 0.485. The number of likely N-dealkylation sites (N-methyl/N-ethyl adjacent to an activating group) is 1. The Balaban J connectivity index is 1.54. The number of aryl methyl sites for hydroxylation is 1. The molecule has 2 aliphatic heterocycles. The number of ether oxygens (including phenoxy) is 1. The summed E-state index contributed by atoms with van der Waals surface area (Å²) in [5, 5.41) is 18.6. The molecule has 0 aliphatic carbocycles. The lowest BCUT2D eigenvalue weighted by atomic mass is 9.99. The van der Waals surface area contributed by atoms with Crippen LogP contribution in [0.1, 0.15) is 51.7 Å². The minimum absolute atomic E-state index is 0.0530. The summed E-state index contributed by atoms with van der Waals surface area (Å²) in [6.07, 6.45) is 3.14. The van der Waals surface area contributed by atoms with E-state index in [0.29, 0.717) is 48.5 Å². The van der Waals surface area contributed by atoms with E-state index in [1.807, 2.05) is 58.7 Å². The zero-order chi connectivity index (χ0) is 32.2. The van der Waals surface area contributed by atoms with E-state index in [4.69, 9.17) is 9.72 Å². The lowest BCUT2D eigenvalue weighted by Crippen LogP contribution is -2.55. The SMILES string of the molecule is Cc1ccc2[nH]ncc2c1-c1nc2c(cc1F)c(N1CCN(C(=O)OC(C)(C)C)C[C@@H]1C)c(C#N)c(=O)n2CC1CCCN1C. The minimum atomic E-state index is -0.639. The van der Waals surface area contributed by atoms with Gasteiger partial charge in [-0.2, -0.15) is 10.4 Å². The van der Waals surface area contributed by atoms with Gasteiger partial charge >= 0.3 is 6.09 Å². The molecule has 3 aromatic heterocycles. The first-order valence-corrected chi connectivity index (χ1v) is 15.4. The molecule has 2 atom stereocenters. The van der Waals surface area contributed by atoms with Crippen LogP contribution in [0.5, 0.6) is 0 Å². The van der Waals surface area contributed by atoms with Gasteiger partial charge in [-0.3, -0.25) is 14.5 Å². The minimum Gasteiger partial charge on any atom is -0.444 e. The van der Waals surface area contributed by atoms with Crippen LogP contribution in [0, 0.1) is 24.1 Å². The first kappa shape index (κ1) is 30.5. The number of benzene rings is 1. The number of nitrogens with one attached hydrogen (secondary N) is 1. The lowest BCUT2D eigenvalue weighted by molar-refractivity contribution is 0.0219. The fourth-order valence-corrected chi connectivity index (χ4v) is 6.71. The van der Waals surface area contributed by atoms with E-state index in [0.717, 1.165) is 35.9 Å². The maximum absolute atomic E-state index is 16.4. The number of nitrogens with zero attached hydrogens (tertiary/aromatic N) is 7. The molecule has 1 aromatic carbocycles. The number of amides is 1. The molecule has 11 nitrogen and oxygen atoms in total. The number of aromatic nitrogens is 4. The van der Waals surface area contributed by atoms with Crippen LogP contribution in [-0.4, -0.2) is 86.6 Å². The topological polar surface area (TPSA) is 123 Å². The Morgan fingerprint density at radius 2 is 2.00 bits per heavy atom. The molecule has 236 valence electrons. The van der Waals surface area contributed by atoms with E-state index in [1.54, 1.807) is 15.7 Å². The van der Waals surface area contributed by atoms with Crippen LogP contribution in [0.4, 0.5) is 14.9 Å². The van der Waals surface area contributed by atoms with Crippen LogP contribution < -0.4 is 10.5 Å². The predicted molar refractivity (Wildman–Crippen MR) is 171 cm³/mol. The molecular formula is C33H39FN8O3. The van der Waals surface area contributed by atoms with E-state index < -0.39 is 23.1 Å². The molecule has 45 heavy (non-hydrogen) atoms. The Bertz CT molecular complexity index is 1900. The average Bonchev–Trinajstić information content (AvgIpc) is 3.62. The maximum atomic E-state index is 16.4.